The molecule has 1 aliphatic rings. The van der Waals surface area contributed by atoms with Crippen molar-refractivity contribution in [1.29, 1.82) is 5.26 Å². The third-order valence-corrected chi connectivity index (χ3v) is 4.05. The molecule has 122 valence electrons. The van der Waals surface area contributed by atoms with E-state index in [0.717, 1.165) is 28.9 Å². The standard InChI is InChI=1S/C18H19N5O/c1-22(18(24)9-14-7-8-23(11-14)13-19)12-16-10-17(21-20-16)15-5-3-2-4-6-15/h2-6,9-10H,7-8,11-12H2,1H3,(H,20,21)/b14-9-. The maximum Gasteiger partial charge on any atom is 0.246 e. The van der Waals surface area contributed by atoms with Crippen LogP contribution in [0.25, 0.3) is 11.3 Å². The van der Waals surface area contributed by atoms with Gasteiger partial charge in [0, 0.05) is 31.8 Å². The van der Waals surface area contributed by atoms with E-state index in [-0.39, 0.29) is 5.91 Å². The number of nitrogens with one attached hydrogen (secondary N) is 1. The lowest BCUT2D eigenvalue weighted by Gasteiger charge is -2.14. The van der Waals surface area contributed by atoms with Gasteiger partial charge in [0.2, 0.25) is 5.91 Å². The van der Waals surface area contributed by atoms with Crippen molar-refractivity contribution in [3.8, 4) is 17.5 Å². The van der Waals surface area contributed by atoms with Crippen molar-refractivity contribution < 1.29 is 4.79 Å². The summed E-state index contributed by atoms with van der Waals surface area (Å²) in [5, 5.41) is 16.1. The lowest BCUT2D eigenvalue weighted by atomic mass is 10.1. The molecule has 1 amide bonds. The Hall–Kier alpha value is -3.07. The van der Waals surface area contributed by atoms with Crippen molar-refractivity contribution in [1.82, 2.24) is 20.0 Å². The highest BCUT2D eigenvalue weighted by Crippen LogP contribution is 2.18. The van der Waals surface area contributed by atoms with Gasteiger partial charge < -0.3 is 9.80 Å². The largest absolute Gasteiger partial charge is 0.336 e. The average molecular weight is 321 g/mol. The maximum atomic E-state index is 12.3. The third kappa shape index (κ3) is 3.63. The van der Waals surface area contributed by atoms with Crippen LogP contribution in [0.5, 0.6) is 0 Å². The van der Waals surface area contributed by atoms with E-state index < -0.39 is 0 Å². The topological polar surface area (TPSA) is 76.0 Å². The number of hydrogen-bond acceptors (Lipinski definition) is 4. The van der Waals surface area contributed by atoms with Crippen molar-refractivity contribution in [3.63, 3.8) is 0 Å². The number of aromatic amines is 1. The molecule has 1 aromatic heterocycles. The zero-order chi connectivity index (χ0) is 16.9. The summed E-state index contributed by atoms with van der Waals surface area (Å²) in [4.78, 5) is 15.6. The van der Waals surface area contributed by atoms with E-state index >= 15 is 0 Å². The minimum absolute atomic E-state index is 0.0550. The van der Waals surface area contributed by atoms with Gasteiger partial charge in [0.05, 0.1) is 17.9 Å². The van der Waals surface area contributed by atoms with Gasteiger partial charge in [0.1, 0.15) is 0 Å². The van der Waals surface area contributed by atoms with Gasteiger partial charge in [-0.05, 0) is 18.1 Å². The van der Waals surface area contributed by atoms with Gasteiger partial charge in [-0.25, -0.2) is 0 Å². The third-order valence-electron chi connectivity index (χ3n) is 4.05. The van der Waals surface area contributed by atoms with E-state index in [1.54, 1.807) is 22.9 Å². The molecule has 1 N–H and O–H groups in total. The van der Waals surface area contributed by atoms with Crippen molar-refractivity contribution in [2.24, 2.45) is 0 Å². The fourth-order valence-corrected chi connectivity index (χ4v) is 2.70. The first-order chi connectivity index (χ1) is 11.7. The number of benzene rings is 1. The number of nitriles is 1. The average Bonchev–Trinajstić information content (AvgIpc) is 3.25. The minimum Gasteiger partial charge on any atom is -0.336 e. The molecule has 0 spiro atoms. The quantitative estimate of drug-likeness (QED) is 0.691. The molecule has 1 aliphatic heterocycles. The number of amides is 1. The minimum atomic E-state index is -0.0550. The summed E-state index contributed by atoms with van der Waals surface area (Å²) in [6.45, 7) is 1.71. The number of aromatic nitrogens is 2. The number of likely N-dealkylation sites (tertiary alicyclic amines) is 1. The Morgan fingerprint density at radius 1 is 1.46 bits per heavy atom. The fourth-order valence-electron chi connectivity index (χ4n) is 2.70. The first kappa shape index (κ1) is 15.8. The van der Waals surface area contributed by atoms with Gasteiger partial charge in [-0.1, -0.05) is 30.3 Å². The summed E-state index contributed by atoms with van der Waals surface area (Å²) in [5.41, 5.74) is 3.79. The maximum absolute atomic E-state index is 12.3. The van der Waals surface area contributed by atoms with Gasteiger partial charge >= 0.3 is 0 Å². The van der Waals surface area contributed by atoms with E-state index in [9.17, 15) is 4.79 Å². The molecule has 0 atom stereocenters. The monoisotopic (exact) mass is 321 g/mol. The van der Waals surface area contributed by atoms with Crippen LogP contribution in [-0.2, 0) is 11.3 Å². The van der Waals surface area contributed by atoms with Crippen LogP contribution in [0.3, 0.4) is 0 Å². The Labute approximate surface area is 141 Å². The highest BCUT2D eigenvalue weighted by atomic mass is 16.2. The van der Waals surface area contributed by atoms with Crippen LogP contribution in [0.1, 0.15) is 12.1 Å². The number of carbonyl (C=O) groups excluding carboxylic acids is 1. The Morgan fingerprint density at radius 2 is 2.25 bits per heavy atom. The van der Waals surface area contributed by atoms with Crippen LogP contribution >= 0.6 is 0 Å². The van der Waals surface area contributed by atoms with E-state index in [2.05, 4.69) is 16.4 Å². The van der Waals surface area contributed by atoms with Gasteiger partial charge in [0.15, 0.2) is 6.19 Å². The van der Waals surface area contributed by atoms with Gasteiger partial charge in [-0.15, -0.1) is 0 Å². The molecule has 0 radical (unpaired) electrons. The molecule has 6 nitrogen and oxygen atoms in total. The molecule has 0 bridgehead atoms. The summed E-state index contributed by atoms with van der Waals surface area (Å²) >= 11 is 0. The molecule has 24 heavy (non-hydrogen) atoms. The molecule has 2 aromatic rings. The fraction of sp³-hybridized carbons (Fsp3) is 0.278. The van der Waals surface area contributed by atoms with Crippen molar-refractivity contribution >= 4 is 5.91 Å². The zero-order valence-corrected chi connectivity index (χ0v) is 13.6. The molecule has 0 aliphatic carbocycles. The summed E-state index contributed by atoms with van der Waals surface area (Å²) in [7, 11) is 1.76. The van der Waals surface area contributed by atoms with Gasteiger partial charge in [-0.3, -0.25) is 9.89 Å². The smallest absolute Gasteiger partial charge is 0.246 e. The summed E-state index contributed by atoms with van der Waals surface area (Å²) < 4.78 is 0. The van der Waals surface area contributed by atoms with Crippen LogP contribution in [0.2, 0.25) is 0 Å². The number of rotatable bonds is 4. The lowest BCUT2D eigenvalue weighted by molar-refractivity contribution is -0.125. The predicted octanol–water partition coefficient (Wildman–Crippen LogP) is 2.15. The second kappa shape index (κ2) is 7.01. The predicted molar refractivity (Wildman–Crippen MR) is 90.4 cm³/mol. The number of H-pyrrole nitrogens is 1. The van der Waals surface area contributed by atoms with Crippen LogP contribution in [0.4, 0.5) is 0 Å². The first-order valence-electron chi connectivity index (χ1n) is 7.84. The van der Waals surface area contributed by atoms with E-state index in [4.69, 9.17) is 5.26 Å². The molecule has 6 heteroatoms. The number of carbonyl (C=O) groups is 1. The molecule has 1 aromatic carbocycles. The van der Waals surface area contributed by atoms with E-state index in [1.165, 1.54) is 0 Å². The molecule has 0 saturated carbocycles. The highest BCUT2D eigenvalue weighted by Gasteiger charge is 2.17. The summed E-state index contributed by atoms with van der Waals surface area (Å²) in [5.74, 6) is -0.0550. The SMILES string of the molecule is CN(Cc1cc(-c2ccccc2)n[nH]1)C(=O)/C=C1/CCN(C#N)C1. The van der Waals surface area contributed by atoms with Gasteiger partial charge in [-0.2, -0.15) is 10.4 Å². The van der Waals surface area contributed by atoms with E-state index in [1.807, 2.05) is 36.4 Å². The van der Waals surface area contributed by atoms with Crippen molar-refractivity contribution in [2.45, 2.75) is 13.0 Å². The van der Waals surface area contributed by atoms with Crippen molar-refractivity contribution in [3.05, 3.63) is 53.7 Å². The Kier molecular flexibility index (Phi) is 4.62. The van der Waals surface area contributed by atoms with E-state index in [0.29, 0.717) is 19.6 Å². The normalized spacial score (nSPS) is 15.5. The number of nitrogens with zero attached hydrogens (tertiary/aromatic N) is 4. The second-order valence-electron chi connectivity index (χ2n) is 5.91. The first-order valence-corrected chi connectivity index (χ1v) is 7.84. The molecular weight excluding hydrogens is 302 g/mol. The van der Waals surface area contributed by atoms with Crippen molar-refractivity contribution in [2.75, 3.05) is 20.1 Å². The summed E-state index contributed by atoms with van der Waals surface area (Å²) in [6, 6.07) is 11.9. The number of likely N-dealkylation sites (N-methyl/N-ethyl adjacent to an activating group) is 1. The molecular formula is C18H19N5O. The Bertz CT molecular complexity index is 787. The number of hydrogen-bond donors (Lipinski definition) is 1. The van der Waals surface area contributed by atoms with Crippen LogP contribution in [0, 0.1) is 11.5 Å². The highest BCUT2D eigenvalue weighted by molar-refractivity contribution is 5.88. The molecule has 1 saturated heterocycles. The van der Waals surface area contributed by atoms with Crippen LogP contribution in [0.15, 0.2) is 48.0 Å². The Morgan fingerprint density at radius 3 is 2.96 bits per heavy atom. The lowest BCUT2D eigenvalue weighted by Crippen LogP contribution is -2.25. The molecule has 3 rings (SSSR count). The van der Waals surface area contributed by atoms with Crippen LogP contribution < -0.4 is 0 Å². The second-order valence-corrected chi connectivity index (χ2v) is 5.91. The Balaban J connectivity index is 1.62. The zero-order valence-electron chi connectivity index (χ0n) is 13.6. The van der Waals surface area contributed by atoms with Crippen LogP contribution in [-0.4, -0.2) is 46.0 Å². The molecule has 0 unspecified atom stereocenters. The molecule has 1 fully saturated rings. The molecule has 2 heterocycles. The summed E-state index contributed by atoms with van der Waals surface area (Å²) in [6.07, 6.45) is 4.53. The van der Waals surface area contributed by atoms with Gasteiger partial charge in [0.25, 0.3) is 0 Å².